The third-order valence-corrected chi connectivity index (χ3v) is 5.00. The smallest absolute Gasteiger partial charge is 0.329 e. The van der Waals surface area contributed by atoms with Crippen molar-refractivity contribution in [2.24, 2.45) is 0 Å². The fourth-order valence-corrected chi connectivity index (χ4v) is 3.36. The van der Waals surface area contributed by atoms with Crippen molar-refractivity contribution in [3.05, 3.63) is 0 Å². The predicted octanol–water partition coefficient (Wildman–Crippen LogP) is -1.01. The first kappa shape index (κ1) is 20.7. The van der Waals surface area contributed by atoms with Gasteiger partial charge in [0.1, 0.15) is 18.3 Å². The van der Waals surface area contributed by atoms with Crippen molar-refractivity contribution in [1.29, 1.82) is 0 Å². The summed E-state index contributed by atoms with van der Waals surface area (Å²) in [5.74, 6) is 0. The average Bonchev–Trinajstić information content (AvgIpc) is 2.49. The van der Waals surface area contributed by atoms with Crippen molar-refractivity contribution in [2.45, 2.75) is 68.6 Å². The highest BCUT2D eigenvalue weighted by Crippen LogP contribution is 2.35. The van der Waals surface area contributed by atoms with Crippen LogP contribution < -0.4 is 0 Å². The van der Waals surface area contributed by atoms with E-state index in [4.69, 9.17) is 14.6 Å². The van der Waals surface area contributed by atoms with Gasteiger partial charge in [0, 0.05) is 0 Å². The molecule has 0 aliphatic carbocycles. The van der Waals surface area contributed by atoms with Crippen molar-refractivity contribution in [2.75, 3.05) is 13.2 Å². The minimum absolute atomic E-state index is 0.151. The molecule has 10 heteroatoms. The van der Waals surface area contributed by atoms with E-state index in [1.54, 1.807) is 0 Å². The normalized spacial score (nSPS) is 35.4. The Morgan fingerprint density at radius 2 is 1.70 bits per heavy atom. The van der Waals surface area contributed by atoms with Crippen LogP contribution in [-0.2, 0) is 19.6 Å². The monoisotopic (exact) mass is 358 g/mol. The van der Waals surface area contributed by atoms with E-state index >= 15 is 0 Å². The first-order valence-corrected chi connectivity index (χ1v) is 9.09. The van der Waals surface area contributed by atoms with Crippen LogP contribution >= 0.6 is 0 Å². The minimum atomic E-state index is -5.11. The molecule has 0 bridgehead atoms. The van der Waals surface area contributed by atoms with E-state index in [1.165, 1.54) is 0 Å². The van der Waals surface area contributed by atoms with Gasteiger partial charge in [0.25, 0.3) is 0 Å². The molecule has 23 heavy (non-hydrogen) atoms. The molecule has 9 nitrogen and oxygen atoms in total. The Kier molecular flexibility index (Phi) is 7.81. The fourth-order valence-electron chi connectivity index (χ4n) is 2.44. The number of aliphatic hydroxyl groups excluding tert-OH is 4. The second-order valence-corrected chi connectivity index (χ2v) is 7.13. The molecule has 0 aromatic rings. The first-order valence-electron chi connectivity index (χ1n) is 7.65. The Bertz CT molecular complexity index is 452. The van der Waals surface area contributed by atoms with E-state index in [-0.39, 0.29) is 6.61 Å². The molecule has 1 aliphatic rings. The highest BCUT2D eigenvalue weighted by atomic mass is 32.2. The van der Waals surface area contributed by atoms with E-state index in [0.717, 1.165) is 25.7 Å². The summed E-state index contributed by atoms with van der Waals surface area (Å²) in [5, 5.41) is 35.6. The fraction of sp³-hybridized carbons (Fsp3) is 1.00. The molecule has 0 saturated carbocycles. The highest BCUT2D eigenvalue weighted by molar-refractivity contribution is 7.87. The van der Waals surface area contributed by atoms with Gasteiger partial charge in [0.2, 0.25) is 0 Å². The molecule has 1 heterocycles. The zero-order valence-corrected chi connectivity index (χ0v) is 13.9. The largest absolute Gasteiger partial charge is 0.394 e. The third kappa shape index (κ3) is 4.60. The molecule has 0 aromatic heterocycles. The topological polar surface area (TPSA) is 154 Å². The number of rotatable bonds is 9. The molecule has 1 unspecified atom stereocenters. The zero-order valence-electron chi connectivity index (χ0n) is 13.0. The quantitative estimate of drug-likeness (QED) is 0.257. The predicted molar refractivity (Wildman–Crippen MR) is 79.0 cm³/mol. The molecule has 5 atom stereocenters. The van der Waals surface area contributed by atoms with Crippen molar-refractivity contribution < 1.29 is 42.9 Å². The van der Waals surface area contributed by atoms with Gasteiger partial charge in [-0.15, -0.1) is 0 Å². The molecule has 5 N–H and O–H groups in total. The summed E-state index contributed by atoms with van der Waals surface area (Å²) in [6.07, 6.45) is -3.29. The summed E-state index contributed by atoms with van der Waals surface area (Å²) in [5.41, 5.74) is 0. The van der Waals surface area contributed by atoms with Crippen molar-refractivity contribution in [1.82, 2.24) is 0 Å². The lowest BCUT2D eigenvalue weighted by Crippen LogP contribution is -2.68. The molecule has 1 saturated heterocycles. The van der Waals surface area contributed by atoms with E-state index in [0.29, 0.717) is 6.42 Å². The molecule has 0 spiro atoms. The van der Waals surface area contributed by atoms with Crippen LogP contribution in [0.15, 0.2) is 0 Å². The minimum Gasteiger partial charge on any atom is -0.394 e. The molecule has 1 aliphatic heterocycles. The van der Waals surface area contributed by atoms with Crippen molar-refractivity contribution in [3.63, 3.8) is 0 Å². The van der Waals surface area contributed by atoms with Gasteiger partial charge in [-0.3, -0.25) is 4.55 Å². The summed E-state index contributed by atoms with van der Waals surface area (Å²) in [7, 11) is -5.11. The van der Waals surface area contributed by atoms with Crippen LogP contribution in [0, 0.1) is 0 Å². The number of aliphatic hydroxyl groups is 4. The molecular weight excluding hydrogens is 332 g/mol. The van der Waals surface area contributed by atoms with E-state index < -0.39 is 46.3 Å². The highest BCUT2D eigenvalue weighted by Gasteiger charge is 2.62. The lowest BCUT2D eigenvalue weighted by atomic mass is 9.99. The van der Waals surface area contributed by atoms with Crippen LogP contribution in [0.2, 0.25) is 0 Å². The SMILES string of the molecule is CCCCCCCOC1(S(=O)(=O)O)O[C@H](CO)[C@@H](O)[C@H](O)[C@H]1O. The second-order valence-electron chi connectivity index (χ2n) is 5.61. The van der Waals surface area contributed by atoms with E-state index in [2.05, 4.69) is 0 Å². The Morgan fingerprint density at radius 3 is 2.22 bits per heavy atom. The van der Waals surface area contributed by atoms with Gasteiger partial charge >= 0.3 is 15.2 Å². The maximum absolute atomic E-state index is 11.7. The molecule has 1 rings (SSSR count). The Labute approximate surface area is 135 Å². The van der Waals surface area contributed by atoms with Crippen molar-refractivity contribution in [3.8, 4) is 0 Å². The Balaban J connectivity index is 2.86. The van der Waals surface area contributed by atoms with Crippen LogP contribution in [0.25, 0.3) is 0 Å². The lowest BCUT2D eigenvalue weighted by molar-refractivity contribution is -0.326. The van der Waals surface area contributed by atoms with Gasteiger partial charge in [-0.25, -0.2) is 0 Å². The number of ether oxygens (including phenoxy) is 2. The van der Waals surface area contributed by atoms with Crippen LogP contribution in [0.3, 0.4) is 0 Å². The maximum Gasteiger partial charge on any atom is 0.329 e. The van der Waals surface area contributed by atoms with Crippen LogP contribution in [0.1, 0.15) is 39.0 Å². The molecular formula is C13H26O9S. The van der Waals surface area contributed by atoms with Crippen LogP contribution in [0.4, 0.5) is 0 Å². The number of unbranched alkanes of at least 4 members (excludes halogenated alkanes) is 4. The van der Waals surface area contributed by atoms with Gasteiger partial charge < -0.3 is 29.9 Å². The van der Waals surface area contributed by atoms with E-state index in [9.17, 15) is 28.3 Å². The molecule has 1 fully saturated rings. The van der Waals surface area contributed by atoms with Gasteiger partial charge in [-0.2, -0.15) is 8.42 Å². The molecule has 138 valence electrons. The summed E-state index contributed by atoms with van der Waals surface area (Å²) in [6, 6.07) is 0. The van der Waals surface area contributed by atoms with Crippen molar-refractivity contribution >= 4 is 10.1 Å². The maximum atomic E-state index is 11.7. The zero-order chi connectivity index (χ0) is 17.7. The number of hydrogen-bond donors (Lipinski definition) is 5. The molecule has 0 amide bonds. The number of hydrogen-bond acceptors (Lipinski definition) is 8. The Hall–Kier alpha value is -0.330. The average molecular weight is 358 g/mol. The van der Waals surface area contributed by atoms with Crippen LogP contribution in [-0.4, -0.2) is 76.1 Å². The van der Waals surface area contributed by atoms with Crippen LogP contribution in [0.5, 0.6) is 0 Å². The van der Waals surface area contributed by atoms with Gasteiger partial charge in [0.05, 0.1) is 13.2 Å². The second kappa shape index (κ2) is 8.67. The van der Waals surface area contributed by atoms with Gasteiger partial charge in [-0.1, -0.05) is 32.6 Å². The summed E-state index contributed by atoms with van der Waals surface area (Å²) >= 11 is 0. The van der Waals surface area contributed by atoms with E-state index in [1.807, 2.05) is 6.92 Å². The molecule has 0 aromatic carbocycles. The first-order chi connectivity index (χ1) is 10.7. The summed E-state index contributed by atoms with van der Waals surface area (Å²) in [4.78, 5) is 0. The summed E-state index contributed by atoms with van der Waals surface area (Å²) < 4.78 is 42.8. The van der Waals surface area contributed by atoms with Gasteiger partial charge in [0.15, 0.2) is 6.10 Å². The standard InChI is InChI=1S/C13H26O9S/c1-2-3-4-5-6-7-21-13(23(18,19)20)12(17)11(16)10(15)9(8-14)22-13/h9-12,14-17H,2-8H2,1H3,(H,18,19,20)/t9-,10-,11+,12-,13?/m1/s1. The molecule has 0 radical (unpaired) electrons. The lowest BCUT2D eigenvalue weighted by Gasteiger charge is -2.45. The van der Waals surface area contributed by atoms with Gasteiger partial charge in [-0.05, 0) is 6.42 Å². The Morgan fingerprint density at radius 1 is 1.09 bits per heavy atom. The third-order valence-electron chi connectivity index (χ3n) is 3.82. The summed E-state index contributed by atoms with van der Waals surface area (Å²) in [6.45, 7) is 1.06.